The summed E-state index contributed by atoms with van der Waals surface area (Å²) in [4.78, 5) is 12.2. The van der Waals surface area contributed by atoms with Gasteiger partial charge < -0.3 is 11.1 Å². The minimum absolute atomic E-state index is 0.182. The van der Waals surface area contributed by atoms with Crippen LogP contribution in [0.5, 0.6) is 0 Å². The van der Waals surface area contributed by atoms with E-state index < -0.39 is 0 Å². The van der Waals surface area contributed by atoms with Crippen molar-refractivity contribution in [2.24, 2.45) is 0 Å². The third-order valence-electron chi connectivity index (χ3n) is 2.61. The molecule has 0 heterocycles. The standard InChI is InChI=1S/C14H12Br2N2O/c1-8-2-4-10(12(16)6-8)14(19)18-13-7-9(17)3-5-11(13)15/h2-7H,17H2,1H3,(H,18,19). The lowest BCUT2D eigenvalue weighted by Gasteiger charge is -2.10. The molecule has 2 aromatic rings. The molecule has 1 amide bonds. The van der Waals surface area contributed by atoms with Gasteiger partial charge in [-0.25, -0.2) is 0 Å². The zero-order valence-electron chi connectivity index (χ0n) is 10.2. The molecule has 0 aliphatic carbocycles. The summed E-state index contributed by atoms with van der Waals surface area (Å²) in [5, 5.41) is 2.83. The van der Waals surface area contributed by atoms with Crippen LogP contribution in [0.4, 0.5) is 11.4 Å². The topological polar surface area (TPSA) is 55.1 Å². The lowest BCUT2D eigenvalue weighted by atomic mass is 10.1. The fraction of sp³-hybridized carbons (Fsp3) is 0.0714. The van der Waals surface area contributed by atoms with E-state index in [0.29, 0.717) is 16.9 Å². The average Bonchev–Trinajstić information content (AvgIpc) is 2.33. The van der Waals surface area contributed by atoms with Crippen molar-refractivity contribution >= 4 is 49.1 Å². The Morgan fingerprint density at radius 3 is 2.53 bits per heavy atom. The third kappa shape index (κ3) is 3.36. The molecule has 0 aliphatic heterocycles. The summed E-state index contributed by atoms with van der Waals surface area (Å²) in [6, 6.07) is 10.9. The van der Waals surface area contributed by atoms with E-state index in [0.717, 1.165) is 14.5 Å². The molecule has 0 radical (unpaired) electrons. The molecule has 0 fully saturated rings. The Morgan fingerprint density at radius 2 is 1.84 bits per heavy atom. The molecule has 0 saturated heterocycles. The molecule has 2 aromatic carbocycles. The van der Waals surface area contributed by atoms with Crippen molar-refractivity contribution in [1.29, 1.82) is 0 Å². The molecule has 0 unspecified atom stereocenters. The van der Waals surface area contributed by atoms with Gasteiger partial charge in [-0.15, -0.1) is 0 Å². The van der Waals surface area contributed by atoms with E-state index in [1.807, 2.05) is 19.1 Å². The van der Waals surface area contributed by atoms with Gasteiger partial charge >= 0.3 is 0 Å². The van der Waals surface area contributed by atoms with E-state index in [1.165, 1.54) is 0 Å². The summed E-state index contributed by atoms with van der Waals surface area (Å²) in [6.07, 6.45) is 0. The van der Waals surface area contributed by atoms with E-state index in [9.17, 15) is 4.79 Å². The van der Waals surface area contributed by atoms with Gasteiger partial charge in [0.15, 0.2) is 0 Å². The summed E-state index contributed by atoms with van der Waals surface area (Å²) >= 11 is 6.78. The number of nitrogens with two attached hydrogens (primary N) is 1. The zero-order chi connectivity index (χ0) is 14.0. The molecule has 19 heavy (non-hydrogen) atoms. The predicted octanol–water partition coefficient (Wildman–Crippen LogP) is 4.35. The van der Waals surface area contributed by atoms with E-state index in [4.69, 9.17) is 5.73 Å². The molecule has 98 valence electrons. The first-order chi connectivity index (χ1) is 8.97. The Morgan fingerprint density at radius 1 is 1.11 bits per heavy atom. The Hall–Kier alpha value is -1.33. The fourth-order valence-corrected chi connectivity index (χ4v) is 2.65. The van der Waals surface area contributed by atoms with Crippen LogP contribution in [-0.2, 0) is 0 Å². The number of hydrogen-bond donors (Lipinski definition) is 2. The van der Waals surface area contributed by atoms with Gasteiger partial charge in [-0.2, -0.15) is 0 Å². The third-order valence-corrected chi connectivity index (χ3v) is 3.96. The van der Waals surface area contributed by atoms with Gasteiger partial charge in [-0.3, -0.25) is 4.79 Å². The van der Waals surface area contributed by atoms with Crippen LogP contribution in [0.2, 0.25) is 0 Å². The molecular formula is C14H12Br2N2O. The molecular weight excluding hydrogens is 372 g/mol. The number of anilines is 2. The minimum Gasteiger partial charge on any atom is -0.399 e. The number of aryl methyl sites for hydroxylation is 1. The van der Waals surface area contributed by atoms with Crippen molar-refractivity contribution in [3.8, 4) is 0 Å². The van der Waals surface area contributed by atoms with Crippen molar-refractivity contribution < 1.29 is 4.79 Å². The lowest BCUT2D eigenvalue weighted by Crippen LogP contribution is -2.13. The highest BCUT2D eigenvalue weighted by Crippen LogP contribution is 2.26. The predicted molar refractivity (Wildman–Crippen MR) is 85.4 cm³/mol. The summed E-state index contributed by atoms with van der Waals surface area (Å²) < 4.78 is 1.56. The van der Waals surface area contributed by atoms with Gasteiger partial charge in [0, 0.05) is 14.6 Å². The maximum atomic E-state index is 12.2. The first kappa shape index (κ1) is 14.1. The zero-order valence-corrected chi connectivity index (χ0v) is 13.4. The largest absolute Gasteiger partial charge is 0.399 e. The first-order valence-electron chi connectivity index (χ1n) is 5.60. The van der Waals surface area contributed by atoms with Crippen molar-refractivity contribution in [2.45, 2.75) is 6.92 Å². The first-order valence-corrected chi connectivity index (χ1v) is 7.18. The maximum absolute atomic E-state index is 12.2. The SMILES string of the molecule is Cc1ccc(C(=O)Nc2cc(N)ccc2Br)c(Br)c1. The summed E-state index contributed by atoms with van der Waals surface area (Å²) in [7, 11) is 0. The van der Waals surface area contributed by atoms with E-state index in [-0.39, 0.29) is 5.91 Å². The number of carbonyl (C=O) groups is 1. The van der Waals surface area contributed by atoms with E-state index in [2.05, 4.69) is 37.2 Å². The highest BCUT2D eigenvalue weighted by molar-refractivity contribution is 9.11. The molecule has 0 bridgehead atoms. The van der Waals surface area contributed by atoms with Crippen LogP contribution >= 0.6 is 31.9 Å². The molecule has 0 atom stereocenters. The smallest absolute Gasteiger partial charge is 0.256 e. The van der Waals surface area contributed by atoms with Gasteiger partial charge in [0.1, 0.15) is 0 Å². The highest BCUT2D eigenvalue weighted by Gasteiger charge is 2.11. The molecule has 0 saturated carbocycles. The summed E-state index contributed by atoms with van der Waals surface area (Å²) in [6.45, 7) is 1.97. The Kier molecular flexibility index (Phi) is 4.27. The maximum Gasteiger partial charge on any atom is 0.256 e. The van der Waals surface area contributed by atoms with Gasteiger partial charge in [0.2, 0.25) is 0 Å². The van der Waals surface area contributed by atoms with E-state index >= 15 is 0 Å². The van der Waals surface area contributed by atoms with Crippen LogP contribution in [0.3, 0.4) is 0 Å². The second-order valence-electron chi connectivity index (χ2n) is 4.18. The monoisotopic (exact) mass is 382 g/mol. The molecule has 0 aromatic heterocycles. The van der Waals surface area contributed by atoms with Gasteiger partial charge in [-0.05, 0) is 74.7 Å². The van der Waals surface area contributed by atoms with Crippen molar-refractivity contribution in [3.63, 3.8) is 0 Å². The number of nitrogens with one attached hydrogen (secondary N) is 1. The quantitative estimate of drug-likeness (QED) is 0.757. The number of halogens is 2. The number of benzene rings is 2. The summed E-state index contributed by atoms with van der Waals surface area (Å²) in [5.74, 6) is -0.182. The molecule has 5 heteroatoms. The van der Waals surface area contributed by atoms with Gasteiger partial charge in [0.25, 0.3) is 5.91 Å². The Labute approximate surface area is 128 Å². The van der Waals surface area contributed by atoms with Gasteiger partial charge in [0.05, 0.1) is 11.3 Å². The van der Waals surface area contributed by atoms with Crippen molar-refractivity contribution in [3.05, 3.63) is 56.5 Å². The molecule has 0 spiro atoms. The van der Waals surface area contributed by atoms with Crippen LogP contribution < -0.4 is 11.1 Å². The van der Waals surface area contributed by atoms with Crippen molar-refractivity contribution in [1.82, 2.24) is 0 Å². The molecule has 3 N–H and O–H groups in total. The normalized spacial score (nSPS) is 10.3. The summed E-state index contributed by atoms with van der Waals surface area (Å²) in [5.41, 5.74) is 8.63. The van der Waals surface area contributed by atoms with Crippen LogP contribution in [-0.4, -0.2) is 5.91 Å². The van der Waals surface area contributed by atoms with Crippen LogP contribution in [0.15, 0.2) is 45.3 Å². The number of carbonyl (C=O) groups excluding carboxylic acids is 1. The number of amides is 1. The Balaban J connectivity index is 2.28. The highest BCUT2D eigenvalue weighted by atomic mass is 79.9. The van der Waals surface area contributed by atoms with Crippen molar-refractivity contribution in [2.75, 3.05) is 11.1 Å². The van der Waals surface area contributed by atoms with Crippen LogP contribution in [0, 0.1) is 6.92 Å². The van der Waals surface area contributed by atoms with E-state index in [1.54, 1.807) is 24.3 Å². The molecule has 2 rings (SSSR count). The average molecular weight is 384 g/mol. The number of rotatable bonds is 2. The van der Waals surface area contributed by atoms with Gasteiger partial charge in [-0.1, -0.05) is 6.07 Å². The van der Waals surface area contributed by atoms with Crippen LogP contribution in [0.1, 0.15) is 15.9 Å². The minimum atomic E-state index is -0.182. The number of hydrogen-bond acceptors (Lipinski definition) is 2. The lowest BCUT2D eigenvalue weighted by molar-refractivity contribution is 0.102. The molecule has 3 nitrogen and oxygen atoms in total. The molecule has 0 aliphatic rings. The van der Waals surface area contributed by atoms with Crippen LogP contribution in [0.25, 0.3) is 0 Å². The number of nitrogen functional groups attached to an aromatic ring is 1. The second kappa shape index (κ2) is 5.75. The Bertz CT molecular complexity index is 641. The second-order valence-corrected chi connectivity index (χ2v) is 5.89. The fourth-order valence-electron chi connectivity index (χ4n) is 1.63.